The predicted molar refractivity (Wildman–Crippen MR) is 103 cm³/mol. The molecule has 0 saturated heterocycles. The molecular weight excluding hydrogens is 344 g/mol. The number of aryl methyl sites for hydroxylation is 2. The molecule has 0 fully saturated rings. The van der Waals surface area contributed by atoms with Gasteiger partial charge in [0.05, 0.1) is 25.9 Å². The van der Waals surface area contributed by atoms with Crippen molar-refractivity contribution in [3.8, 4) is 11.5 Å². The molecule has 1 N–H and O–H groups in total. The van der Waals surface area contributed by atoms with E-state index < -0.39 is 0 Å². The third-order valence-corrected chi connectivity index (χ3v) is 4.87. The Morgan fingerprint density at radius 3 is 2.89 bits per heavy atom. The second-order valence-corrected chi connectivity index (χ2v) is 6.97. The van der Waals surface area contributed by atoms with Gasteiger partial charge in [-0.1, -0.05) is 6.92 Å². The lowest BCUT2D eigenvalue weighted by atomic mass is 10.2. The van der Waals surface area contributed by atoms with Crippen LogP contribution in [0.4, 0.5) is 0 Å². The normalized spacial score (nSPS) is 17.0. The van der Waals surface area contributed by atoms with E-state index in [1.165, 1.54) is 0 Å². The van der Waals surface area contributed by atoms with Gasteiger partial charge in [-0.05, 0) is 37.6 Å². The van der Waals surface area contributed by atoms with E-state index in [9.17, 15) is 4.79 Å². The zero-order valence-corrected chi connectivity index (χ0v) is 16.5. The molecule has 0 aliphatic carbocycles. The number of aromatic nitrogens is 2. The molecule has 1 aliphatic heterocycles. The van der Waals surface area contributed by atoms with Gasteiger partial charge in [0, 0.05) is 31.4 Å². The summed E-state index contributed by atoms with van der Waals surface area (Å²) in [4.78, 5) is 14.6. The molecule has 3 rings (SSSR count). The standard InChI is InChI=1S/C20H28N4O3/c1-5-17-12-24(11-15-9-18(26-4)6-7-19(15)27-17)13-20(25)21-10-16-8-14(2)23(3)22-16/h6-9,17H,5,10-13H2,1-4H3,(H,21,25). The molecule has 7 nitrogen and oxygen atoms in total. The first kappa shape index (κ1) is 19.2. The lowest BCUT2D eigenvalue weighted by molar-refractivity contribution is -0.122. The number of hydrogen-bond donors (Lipinski definition) is 1. The fourth-order valence-electron chi connectivity index (χ4n) is 3.23. The maximum atomic E-state index is 12.5. The number of ether oxygens (including phenoxy) is 2. The number of carbonyl (C=O) groups is 1. The topological polar surface area (TPSA) is 68.6 Å². The molecule has 1 amide bonds. The van der Waals surface area contributed by atoms with Gasteiger partial charge < -0.3 is 14.8 Å². The maximum absolute atomic E-state index is 12.5. The SMILES string of the molecule is CCC1CN(CC(=O)NCc2cc(C)n(C)n2)Cc2cc(OC)ccc2O1. The van der Waals surface area contributed by atoms with E-state index in [0.717, 1.165) is 34.9 Å². The Morgan fingerprint density at radius 2 is 2.22 bits per heavy atom. The average molecular weight is 372 g/mol. The molecule has 1 atom stereocenters. The smallest absolute Gasteiger partial charge is 0.234 e. The van der Waals surface area contributed by atoms with Crippen molar-refractivity contribution in [1.82, 2.24) is 20.0 Å². The van der Waals surface area contributed by atoms with Gasteiger partial charge in [0.15, 0.2) is 0 Å². The van der Waals surface area contributed by atoms with Gasteiger partial charge in [-0.3, -0.25) is 14.4 Å². The number of amides is 1. The van der Waals surface area contributed by atoms with E-state index >= 15 is 0 Å². The number of nitrogens with zero attached hydrogens (tertiary/aromatic N) is 3. The summed E-state index contributed by atoms with van der Waals surface area (Å²) < 4.78 is 13.3. The molecule has 7 heteroatoms. The highest BCUT2D eigenvalue weighted by Gasteiger charge is 2.24. The number of rotatable bonds is 6. The molecule has 1 aromatic heterocycles. The van der Waals surface area contributed by atoms with Crippen LogP contribution in [0.3, 0.4) is 0 Å². The largest absolute Gasteiger partial charge is 0.497 e. The number of carbonyl (C=O) groups excluding carboxylic acids is 1. The fraction of sp³-hybridized carbons (Fsp3) is 0.500. The van der Waals surface area contributed by atoms with Crippen molar-refractivity contribution >= 4 is 5.91 Å². The minimum absolute atomic E-state index is 0.0143. The molecule has 27 heavy (non-hydrogen) atoms. The van der Waals surface area contributed by atoms with Gasteiger partial charge in [-0.15, -0.1) is 0 Å². The first-order chi connectivity index (χ1) is 13.0. The Hall–Kier alpha value is -2.54. The molecule has 146 valence electrons. The second kappa shape index (κ2) is 8.43. The van der Waals surface area contributed by atoms with E-state index in [4.69, 9.17) is 9.47 Å². The minimum atomic E-state index is -0.0143. The maximum Gasteiger partial charge on any atom is 0.234 e. The number of benzene rings is 1. The van der Waals surface area contributed by atoms with Crippen LogP contribution in [-0.2, 0) is 24.9 Å². The van der Waals surface area contributed by atoms with Crippen LogP contribution in [0, 0.1) is 6.92 Å². The number of nitrogens with one attached hydrogen (secondary N) is 1. The summed E-state index contributed by atoms with van der Waals surface area (Å²) in [6.07, 6.45) is 0.947. The van der Waals surface area contributed by atoms with E-state index in [1.54, 1.807) is 7.11 Å². The summed E-state index contributed by atoms with van der Waals surface area (Å²) in [7, 11) is 3.55. The van der Waals surface area contributed by atoms with Gasteiger partial charge in [-0.2, -0.15) is 5.10 Å². The van der Waals surface area contributed by atoms with Crippen molar-refractivity contribution in [3.05, 3.63) is 41.2 Å². The average Bonchev–Trinajstić information content (AvgIpc) is 2.87. The molecule has 0 radical (unpaired) electrons. The highest BCUT2D eigenvalue weighted by Crippen LogP contribution is 2.29. The number of fused-ring (bicyclic) bond motifs is 1. The third-order valence-electron chi connectivity index (χ3n) is 4.87. The fourth-order valence-corrected chi connectivity index (χ4v) is 3.23. The molecule has 2 heterocycles. The van der Waals surface area contributed by atoms with Gasteiger partial charge in [0.1, 0.15) is 17.6 Å². The van der Waals surface area contributed by atoms with Crippen molar-refractivity contribution in [2.75, 3.05) is 20.2 Å². The van der Waals surface area contributed by atoms with Gasteiger partial charge >= 0.3 is 0 Å². The van der Waals surface area contributed by atoms with Gasteiger partial charge in [0.2, 0.25) is 5.91 Å². The number of hydrogen-bond acceptors (Lipinski definition) is 5. The van der Waals surface area contributed by atoms with Crippen LogP contribution in [0.5, 0.6) is 11.5 Å². The summed E-state index contributed by atoms with van der Waals surface area (Å²) in [5.74, 6) is 1.65. The Kier molecular flexibility index (Phi) is 6.01. The van der Waals surface area contributed by atoms with Crippen molar-refractivity contribution in [1.29, 1.82) is 0 Å². The molecule has 1 unspecified atom stereocenters. The van der Waals surface area contributed by atoms with Crippen LogP contribution in [0.2, 0.25) is 0 Å². The number of methoxy groups -OCH3 is 1. The van der Waals surface area contributed by atoms with Crippen LogP contribution < -0.4 is 14.8 Å². The molecule has 1 aromatic carbocycles. The Labute approximate surface area is 160 Å². The molecule has 0 bridgehead atoms. The molecular formula is C20H28N4O3. The Balaban J connectivity index is 1.64. The Morgan fingerprint density at radius 1 is 1.41 bits per heavy atom. The quantitative estimate of drug-likeness (QED) is 0.840. The van der Waals surface area contributed by atoms with Crippen LogP contribution in [0.25, 0.3) is 0 Å². The summed E-state index contributed by atoms with van der Waals surface area (Å²) >= 11 is 0. The zero-order chi connectivity index (χ0) is 19.4. The lowest BCUT2D eigenvalue weighted by Gasteiger charge is -2.22. The van der Waals surface area contributed by atoms with Gasteiger partial charge in [-0.25, -0.2) is 0 Å². The third kappa shape index (κ3) is 4.80. The molecule has 0 saturated carbocycles. The first-order valence-corrected chi connectivity index (χ1v) is 9.30. The van der Waals surface area contributed by atoms with Crippen molar-refractivity contribution in [3.63, 3.8) is 0 Å². The minimum Gasteiger partial charge on any atom is -0.497 e. The van der Waals surface area contributed by atoms with E-state index in [2.05, 4.69) is 22.2 Å². The van der Waals surface area contributed by atoms with Crippen LogP contribution >= 0.6 is 0 Å². The summed E-state index contributed by atoms with van der Waals surface area (Å²) in [6.45, 7) is 6.21. The molecule has 2 aromatic rings. The van der Waals surface area contributed by atoms with Crippen molar-refractivity contribution in [2.24, 2.45) is 7.05 Å². The Bertz CT molecular complexity index is 783. The monoisotopic (exact) mass is 372 g/mol. The summed E-state index contributed by atoms with van der Waals surface area (Å²) in [6, 6.07) is 7.82. The van der Waals surface area contributed by atoms with E-state index in [0.29, 0.717) is 26.2 Å². The predicted octanol–water partition coefficient (Wildman–Crippen LogP) is 2.03. The zero-order valence-electron chi connectivity index (χ0n) is 16.5. The van der Waals surface area contributed by atoms with Crippen LogP contribution in [0.15, 0.2) is 24.3 Å². The lowest BCUT2D eigenvalue weighted by Crippen LogP contribution is -2.40. The van der Waals surface area contributed by atoms with Gasteiger partial charge in [0.25, 0.3) is 0 Å². The summed E-state index contributed by atoms with van der Waals surface area (Å²) in [5, 5.41) is 7.34. The van der Waals surface area contributed by atoms with E-state index in [1.807, 2.05) is 42.9 Å². The molecule has 0 spiro atoms. The van der Waals surface area contributed by atoms with Crippen LogP contribution in [0.1, 0.15) is 30.3 Å². The first-order valence-electron chi connectivity index (χ1n) is 9.30. The van der Waals surface area contributed by atoms with Crippen LogP contribution in [-0.4, -0.2) is 46.9 Å². The second-order valence-electron chi connectivity index (χ2n) is 6.97. The summed E-state index contributed by atoms with van der Waals surface area (Å²) in [5.41, 5.74) is 2.97. The molecule has 1 aliphatic rings. The van der Waals surface area contributed by atoms with Crippen molar-refractivity contribution < 1.29 is 14.3 Å². The van der Waals surface area contributed by atoms with Crippen molar-refractivity contribution in [2.45, 2.75) is 39.5 Å². The highest BCUT2D eigenvalue weighted by atomic mass is 16.5. The highest BCUT2D eigenvalue weighted by molar-refractivity contribution is 5.78. The van der Waals surface area contributed by atoms with E-state index in [-0.39, 0.29) is 12.0 Å².